The van der Waals surface area contributed by atoms with Gasteiger partial charge in [0.15, 0.2) is 0 Å². The van der Waals surface area contributed by atoms with Gasteiger partial charge in [0.1, 0.15) is 5.75 Å². The van der Waals surface area contributed by atoms with Crippen molar-refractivity contribution in [3.63, 3.8) is 0 Å². The fourth-order valence-electron chi connectivity index (χ4n) is 3.10. The Labute approximate surface area is 174 Å². The van der Waals surface area contributed by atoms with Crippen molar-refractivity contribution in [1.29, 1.82) is 0 Å². The van der Waals surface area contributed by atoms with Crippen LogP contribution >= 0.6 is 0 Å². The molecule has 0 unspecified atom stereocenters. The van der Waals surface area contributed by atoms with Gasteiger partial charge in [0.25, 0.3) is 0 Å². The third-order valence-electron chi connectivity index (χ3n) is 4.74. The molecule has 2 aromatic carbocycles. The Morgan fingerprint density at radius 2 is 1.70 bits per heavy atom. The molecule has 154 valence electrons. The molecule has 30 heavy (non-hydrogen) atoms. The van der Waals surface area contributed by atoms with Crippen molar-refractivity contribution in [3.05, 3.63) is 60.9 Å². The van der Waals surface area contributed by atoms with Gasteiger partial charge < -0.3 is 25.0 Å². The first-order valence-electron chi connectivity index (χ1n) is 9.68. The molecule has 0 spiro atoms. The minimum Gasteiger partial charge on any atom is -0.497 e. The van der Waals surface area contributed by atoms with E-state index >= 15 is 0 Å². The van der Waals surface area contributed by atoms with Gasteiger partial charge in [-0.15, -0.1) is 0 Å². The summed E-state index contributed by atoms with van der Waals surface area (Å²) in [5, 5.41) is 6.09. The number of morpholine rings is 1. The topological polar surface area (TPSA) is 88.6 Å². The van der Waals surface area contributed by atoms with Crippen LogP contribution in [0.15, 0.2) is 60.9 Å². The molecule has 1 saturated heterocycles. The number of benzene rings is 2. The number of carbonyl (C=O) groups excluding carboxylic acids is 1. The van der Waals surface area contributed by atoms with Gasteiger partial charge in [-0.05, 0) is 35.9 Å². The lowest BCUT2D eigenvalue weighted by atomic mass is 10.1. The number of rotatable bonds is 5. The van der Waals surface area contributed by atoms with E-state index in [4.69, 9.17) is 9.47 Å². The molecular formula is C22H23N5O3. The molecule has 1 fully saturated rings. The molecule has 4 rings (SSSR count). The van der Waals surface area contributed by atoms with E-state index in [1.165, 1.54) is 0 Å². The third kappa shape index (κ3) is 4.84. The highest BCUT2D eigenvalue weighted by molar-refractivity contribution is 5.90. The summed E-state index contributed by atoms with van der Waals surface area (Å²) in [6.45, 7) is 2.33. The van der Waals surface area contributed by atoms with Crippen molar-refractivity contribution >= 4 is 23.4 Å². The lowest BCUT2D eigenvalue weighted by molar-refractivity contribution is 0.0564. The maximum atomic E-state index is 12.4. The number of urea groups is 1. The molecular weight excluding hydrogens is 382 g/mol. The minimum atomic E-state index is -0.129. The summed E-state index contributed by atoms with van der Waals surface area (Å²) in [6, 6.07) is 15.0. The summed E-state index contributed by atoms with van der Waals surface area (Å²) in [5.41, 5.74) is 3.41. The van der Waals surface area contributed by atoms with Crippen molar-refractivity contribution < 1.29 is 14.3 Å². The van der Waals surface area contributed by atoms with Crippen LogP contribution in [0.1, 0.15) is 0 Å². The lowest BCUT2D eigenvalue weighted by Crippen LogP contribution is -2.43. The highest BCUT2D eigenvalue weighted by Crippen LogP contribution is 2.23. The Hall–Kier alpha value is -3.65. The highest BCUT2D eigenvalue weighted by Gasteiger charge is 2.16. The summed E-state index contributed by atoms with van der Waals surface area (Å²) in [6.07, 6.45) is 3.53. The average Bonchev–Trinajstić information content (AvgIpc) is 2.80. The second-order valence-electron chi connectivity index (χ2n) is 6.76. The molecule has 1 aromatic heterocycles. The van der Waals surface area contributed by atoms with E-state index in [0.717, 1.165) is 22.6 Å². The molecule has 0 saturated carbocycles. The summed E-state index contributed by atoms with van der Waals surface area (Å²) in [7, 11) is 1.64. The van der Waals surface area contributed by atoms with Gasteiger partial charge in [0.05, 0.1) is 20.3 Å². The van der Waals surface area contributed by atoms with E-state index in [1.54, 1.807) is 24.4 Å². The Bertz CT molecular complexity index is 986. The lowest BCUT2D eigenvalue weighted by Gasteiger charge is -2.27. The summed E-state index contributed by atoms with van der Waals surface area (Å²) in [4.78, 5) is 22.9. The van der Waals surface area contributed by atoms with Gasteiger partial charge in [-0.1, -0.05) is 18.2 Å². The van der Waals surface area contributed by atoms with Crippen molar-refractivity contribution in [2.45, 2.75) is 0 Å². The number of methoxy groups -OCH3 is 1. The van der Waals surface area contributed by atoms with Crippen LogP contribution in [0.5, 0.6) is 5.75 Å². The first-order valence-corrected chi connectivity index (χ1v) is 9.68. The molecule has 3 aromatic rings. The number of anilines is 3. The van der Waals surface area contributed by atoms with Gasteiger partial charge in [-0.2, -0.15) is 0 Å². The number of aromatic nitrogens is 2. The number of amides is 2. The number of nitrogens with one attached hydrogen (secondary N) is 2. The number of carbonyl (C=O) groups is 1. The number of ether oxygens (including phenoxy) is 2. The van der Waals surface area contributed by atoms with E-state index in [2.05, 4.69) is 20.6 Å². The molecule has 1 aliphatic heterocycles. The third-order valence-corrected chi connectivity index (χ3v) is 4.74. The Balaban J connectivity index is 1.40. The van der Waals surface area contributed by atoms with Crippen molar-refractivity contribution in [2.75, 3.05) is 44.0 Å². The number of hydrogen-bond donors (Lipinski definition) is 2. The Morgan fingerprint density at radius 3 is 2.40 bits per heavy atom. The van der Waals surface area contributed by atoms with Crippen LogP contribution in [0.3, 0.4) is 0 Å². The standard InChI is InChI=1S/C22H23N5O3/c1-29-20-7-5-16(6-8-20)17-14-23-21(24-15-17)25-18-3-2-4-19(13-18)26-22(28)27-9-11-30-12-10-27/h2-8,13-15H,9-12H2,1H3,(H,26,28)(H,23,24,25). The Morgan fingerprint density at radius 1 is 1.00 bits per heavy atom. The molecule has 0 atom stereocenters. The molecule has 0 aliphatic carbocycles. The fourth-order valence-corrected chi connectivity index (χ4v) is 3.10. The molecule has 2 amide bonds. The first-order chi connectivity index (χ1) is 14.7. The maximum absolute atomic E-state index is 12.4. The average molecular weight is 405 g/mol. The molecule has 2 heterocycles. The molecule has 0 radical (unpaired) electrons. The summed E-state index contributed by atoms with van der Waals surface area (Å²) in [5.74, 6) is 1.28. The molecule has 0 bridgehead atoms. The van der Waals surface area contributed by atoms with Gasteiger partial charge >= 0.3 is 6.03 Å². The van der Waals surface area contributed by atoms with E-state index in [1.807, 2.05) is 48.5 Å². The van der Waals surface area contributed by atoms with E-state index < -0.39 is 0 Å². The smallest absolute Gasteiger partial charge is 0.322 e. The van der Waals surface area contributed by atoms with Crippen LogP contribution < -0.4 is 15.4 Å². The summed E-state index contributed by atoms with van der Waals surface area (Å²) >= 11 is 0. The Kier molecular flexibility index (Phi) is 6.05. The zero-order chi connectivity index (χ0) is 20.8. The second-order valence-corrected chi connectivity index (χ2v) is 6.76. The molecule has 8 heteroatoms. The predicted octanol–water partition coefficient (Wildman–Crippen LogP) is 3.76. The van der Waals surface area contributed by atoms with Crippen LogP contribution in [0, 0.1) is 0 Å². The van der Waals surface area contributed by atoms with Crippen molar-refractivity contribution in [3.8, 4) is 16.9 Å². The van der Waals surface area contributed by atoms with Crippen LogP contribution in [-0.4, -0.2) is 54.3 Å². The molecule has 8 nitrogen and oxygen atoms in total. The zero-order valence-electron chi connectivity index (χ0n) is 16.7. The summed E-state index contributed by atoms with van der Waals surface area (Å²) < 4.78 is 10.5. The van der Waals surface area contributed by atoms with E-state index in [-0.39, 0.29) is 6.03 Å². The minimum absolute atomic E-state index is 0.129. The zero-order valence-corrected chi connectivity index (χ0v) is 16.7. The van der Waals surface area contributed by atoms with Crippen LogP contribution in [-0.2, 0) is 4.74 Å². The van der Waals surface area contributed by atoms with E-state index in [0.29, 0.717) is 37.9 Å². The largest absolute Gasteiger partial charge is 0.497 e. The maximum Gasteiger partial charge on any atom is 0.322 e. The van der Waals surface area contributed by atoms with Crippen LogP contribution in [0.2, 0.25) is 0 Å². The molecule has 2 N–H and O–H groups in total. The van der Waals surface area contributed by atoms with Gasteiger partial charge in [0, 0.05) is 42.4 Å². The SMILES string of the molecule is COc1ccc(-c2cnc(Nc3cccc(NC(=O)N4CCOCC4)c3)nc2)cc1. The first kappa shape index (κ1) is 19.7. The van der Waals surface area contributed by atoms with Gasteiger partial charge in [0.2, 0.25) is 5.95 Å². The highest BCUT2D eigenvalue weighted by atomic mass is 16.5. The van der Waals surface area contributed by atoms with E-state index in [9.17, 15) is 4.79 Å². The van der Waals surface area contributed by atoms with Crippen molar-refractivity contribution in [2.24, 2.45) is 0 Å². The number of hydrogen-bond acceptors (Lipinski definition) is 6. The second kappa shape index (κ2) is 9.23. The van der Waals surface area contributed by atoms with Gasteiger partial charge in [-0.25, -0.2) is 14.8 Å². The normalized spacial score (nSPS) is 13.6. The predicted molar refractivity (Wildman–Crippen MR) is 115 cm³/mol. The van der Waals surface area contributed by atoms with Gasteiger partial charge in [-0.3, -0.25) is 0 Å². The van der Waals surface area contributed by atoms with Crippen LogP contribution in [0.4, 0.5) is 22.1 Å². The monoisotopic (exact) mass is 405 g/mol. The molecule has 1 aliphatic rings. The van der Waals surface area contributed by atoms with Crippen LogP contribution in [0.25, 0.3) is 11.1 Å². The number of nitrogens with zero attached hydrogens (tertiary/aromatic N) is 3. The quantitative estimate of drug-likeness (QED) is 0.672. The van der Waals surface area contributed by atoms with Crippen molar-refractivity contribution in [1.82, 2.24) is 14.9 Å². The fraction of sp³-hybridized carbons (Fsp3) is 0.227.